The van der Waals surface area contributed by atoms with Gasteiger partial charge in [0.15, 0.2) is 5.96 Å². The summed E-state index contributed by atoms with van der Waals surface area (Å²) in [5.74, 6) is 2.92. The van der Waals surface area contributed by atoms with Gasteiger partial charge in [-0.2, -0.15) is 0 Å². The predicted octanol–water partition coefficient (Wildman–Crippen LogP) is 3.50. The van der Waals surface area contributed by atoms with Gasteiger partial charge in [0, 0.05) is 38.9 Å². The molecule has 2 aliphatic heterocycles. The van der Waals surface area contributed by atoms with Crippen LogP contribution in [0.15, 0.2) is 23.3 Å². The average molecular weight is 457 g/mol. The van der Waals surface area contributed by atoms with Crippen LogP contribution in [0.4, 0.5) is 5.82 Å². The van der Waals surface area contributed by atoms with Gasteiger partial charge in [-0.05, 0) is 56.2 Å². The van der Waals surface area contributed by atoms with Crippen LogP contribution < -0.4 is 10.2 Å². The summed E-state index contributed by atoms with van der Waals surface area (Å²) >= 11 is 0. The minimum atomic E-state index is 0. The second-order valence-electron chi connectivity index (χ2n) is 7.08. The summed E-state index contributed by atoms with van der Waals surface area (Å²) in [6.45, 7) is 10.6. The number of likely N-dealkylation sites (tertiary alicyclic amines) is 1. The highest BCUT2D eigenvalue weighted by Gasteiger charge is 2.19. The number of nitrogens with one attached hydrogen (secondary N) is 1. The molecule has 25 heavy (non-hydrogen) atoms. The fourth-order valence-corrected chi connectivity index (χ4v) is 3.65. The Kier molecular flexibility index (Phi) is 8.26. The van der Waals surface area contributed by atoms with Gasteiger partial charge < -0.3 is 15.1 Å². The van der Waals surface area contributed by atoms with Crippen molar-refractivity contribution in [2.45, 2.75) is 46.1 Å². The summed E-state index contributed by atoms with van der Waals surface area (Å²) in [5, 5.41) is 3.46. The Labute approximate surface area is 169 Å². The first-order valence-corrected chi connectivity index (χ1v) is 9.49. The topological polar surface area (TPSA) is 43.8 Å². The largest absolute Gasteiger partial charge is 0.357 e. The number of aromatic nitrogens is 1. The van der Waals surface area contributed by atoms with E-state index in [4.69, 9.17) is 4.99 Å². The summed E-state index contributed by atoms with van der Waals surface area (Å²) in [4.78, 5) is 14.2. The summed E-state index contributed by atoms with van der Waals surface area (Å²) < 4.78 is 0. The van der Waals surface area contributed by atoms with Crippen LogP contribution in [-0.4, -0.2) is 48.6 Å². The molecule has 0 saturated carbocycles. The van der Waals surface area contributed by atoms with Crippen LogP contribution in [0.5, 0.6) is 0 Å². The van der Waals surface area contributed by atoms with Gasteiger partial charge in [-0.3, -0.25) is 0 Å². The zero-order valence-electron chi connectivity index (χ0n) is 15.6. The molecule has 0 amide bonds. The lowest BCUT2D eigenvalue weighted by Crippen LogP contribution is -2.46. The van der Waals surface area contributed by atoms with Gasteiger partial charge in [0.05, 0.1) is 6.54 Å². The lowest BCUT2D eigenvalue weighted by atomic mass is 10.0. The number of pyridine rings is 1. The second kappa shape index (κ2) is 10.2. The first kappa shape index (κ1) is 20.3. The third-order valence-electron chi connectivity index (χ3n) is 4.94. The first-order valence-electron chi connectivity index (χ1n) is 9.49. The third-order valence-corrected chi connectivity index (χ3v) is 4.94. The zero-order valence-corrected chi connectivity index (χ0v) is 17.9. The monoisotopic (exact) mass is 457 g/mol. The van der Waals surface area contributed by atoms with E-state index in [0.717, 1.165) is 57.0 Å². The number of piperidine rings is 1. The van der Waals surface area contributed by atoms with Crippen molar-refractivity contribution in [3.05, 3.63) is 23.9 Å². The lowest BCUT2D eigenvalue weighted by Gasteiger charge is -2.33. The van der Waals surface area contributed by atoms with Gasteiger partial charge in [0.2, 0.25) is 0 Å². The second-order valence-corrected chi connectivity index (χ2v) is 7.08. The van der Waals surface area contributed by atoms with Gasteiger partial charge in [0.1, 0.15) is 5.82 Å². The molecule has 2 fully saturated rings. The highest BCUT2D eigenvalue weighted by molar-refractivity contribution is 14.0. The molecule has 1 atom stereocenters. The quantitative estimate of drug-likeness (QED) is 0.427. The molecule has 3 heterocycles. The average Bonchev–Trinajstić information content (AvgIpc) is 3.13. The lowest BCUT2D eigenvalue weighted by molar-refractivity contribution is 0.266. The molecule has 1 aromatic heterocycles. The molecule has 1 aromatic rings. The van der Waals surface area contributed by atoms with E-state index in [2.05, 4.69) is 46.1 Å². The van der Waals surface area contributed by atoms with Crippen molar-refractivity contribution in [3.8, 4) is 0 Å². The molecule has 1 unspecified atom stereocenters. The maximum Gasteiger partial charge on any atom is 0.194 e. The normalized spacial score (nSPS) is 21.2. The van der Waals surface area contributed by atoms with Gasteiger partial charge in [-0.15, -0.1) is 24.0 Å². The minimum absolute atomic E-state index is 0. The SMILES string of the molecule is CCNC(=NCc1ccnc(N2CCCC2)c1)N1CCCC(C)C1.I. The molecular formula is C19H32IN5. The summed E-state index contributed by atoms with van der Waals surface area (Å²) in [5.41, 5.74) is 1.24. The van der Waals surface area contributed by atoms with Crippen molar-refractivity contribution in [2.24, 2.45) is 10.9 Å². The molecular weight excluding hydrogens is 425 g/mol. The van der Waals surface area contributed by atoms with E-state index in [1.807, 2.05) is 6.20 Å². The number of halogens is 1. The van der Waals surface area contributed by atoms with Crippen molar-refractivity contribution in [1.29, 1.82) is 0 Å². The van der Waals surface area contributed by atoms with Crippen LogP contribution >= 0.6 is 24.0 Å². The Bertz CT molecular complexity index is 557. The fraction of sp³-hybridized carbons (Fsp3) is 0.684. The number of aliphatic imine (C=N–C) groups is 1. The molecule has 0 radical (unpaired) electrons. The van der Waals surface area contributed by atoms with E-state index >= 15 is 0 Å². The summed E-state index contributed by atoms with van der Waals surface area (Å²) in [7, 11) is 0. The van der Waals surface area contributed by atoms with Crippen LogP contribution in [-0.2, 0) is 6.54 Å². The van der Waals surface area contributed by atoms with Crippen molar-refractivity contribution in [3.63, 3.8) is 0 Å². The molecule has 0 aliphatic carbocycles. The van der Waals surface area contributed by atoms with Gasteiger partial charge in [-0.25, -0.2) is 9.98 Å². The van der Waals surface area contributed by atoms with Crippen LogP contribution in [0, 0.1) is 5.92 Å². The molecule has 6 heteroatoms. The molecule has 3 rings (SSSR count). The predicted molar refractivity (Wildman–Crippen MR) is 116 cm³/mol. The Morgan fingerprint density at radius 3 is 2.80 bits per heavy atom. The van der Waals surface area contributed by atoms with E-state index in [1.54, 1.807) is 0 Å². The third kappa shape index (κ3) is 5.72. The molecule has 140 valence electrons. The number of hydrogen-bond acceptors (Lipinski definition) is 3. The number of rotatable bonds is 4. The van der Waals surface area contributed by atoms with Crippen molar-refractivity contribution in [1.82, 2.24) is 15.2 Å². The molecule has 1 N–H and O–H groups in total. The molecule has 0 aromatic carbocycles. The zero-order chi connectivity index (χ0) is 16.8. The van der Waals surface area contributed by atoms with Crippen LogP contribution in [0.1, 0.15) is 45.1 Å². The molecule has 0 bridgehead atoms. The Balaban J connectivity index is 0.00000225. The molecule has 0 spiro atoms. The van der Waals surface area contributed by atoms with Gasteiger partial charge in [0.25, 0.3) is 0 Å². The fourth-order valence-electron chi connectivity index (χ4n) is 3.65. The maximum absolute atomic E-state index is 4.89. The number of nitrogens with zero attached hydrogens (tertiary/aromatic N) is 4. The highest BCUT2D eigenvalue weighted by atomic mass is 127. The molecule has 2 aliphatic rings. The van der Waals surface area contributed by atoms with E-state index < -0.39 is 0 Å². The van der Waals surface area contributed by atoms with Crippen molar-refractivity contribution >= 4 is 35.8 Å². The highest BCUT2D eigenvalue weighted by Crippen LogP contribution is 2.19. The number of hydrogen-bond donors (Lipinski definition) is 1. The Morgan fingerprint density at radius 2 is 2.08 bits per heavy atom. The summed E-state index contributed by atoms with van der Waals surface area (Å²) in [6, 6.07) is 4.29. The Morgan fingerprint density at radius 1 is 1.28 bits per heavy atom. The molecule has 5 nitrogen and oxygen atoms in total. The van der Waals surface area contributed by atoms with Crippen LogP contribution in [0.2, 0.25) is 0 Å². The maximum atomic E-state index is 4.89. The van der Waals surface area contributed by atoms with E-state index in [0.29, 0.717) is 0 Å². The minimum Gasteiger partial charge on any atom is -0.357 e. The van der Waals surface area contributed by atoms with E-state index in [9.17, 15) is 0 Å². The Hall–Kier alpha value is -1.05. The standard InChI is InChI=1S/C19H31N5.HI/c1-3-20-19(24-12-6-7-16(2)15-24)22-14-17-8-9-21-18(13-17)23-10-4-5-11-23;/h8-9,13,16H,3-7,10-12,14-15H2,1-2H3,(H,20,22);1H. The van der Waals surface area contributed by atoms with Crippen molar-refractivity contribution < 1.29 is 0 Å². The van der Waals surface area contributed by atoms with Crippen LogP contribution in [0.3, 0.4) is 0 Å². The van der Waals surface area contributed by atoms with Crippen molar-refractivity contribution in [2.75, 3.05) is 37.6 Å². The molecule has 2 saturated heterocycles. The first-order chi connectivity index (χ1) is 11.8. The van der Waals surface area contributed by atoms with Gasteiger partial charge in [-0.1, -0.05) is 6.92 Å². The smallest absolute Gasteiger partial charge is 0.194 e. The van der Waals surface area contributed by atoms with Crippen LogP contribution in [0.25, 0.3) is 0 Å². The van der Waals surface area contributed by atoms with E-state index in [-0.39, 0.29) is 24.0 Å². The van der Waals surface area contributed by atoms with Gasteiger partial charge >= 0.3 is 0 Å². The number of guanidine groups is 1. The number of anilines is 1. The summed E-state index contributed by atoms with van der Waals surface area (Å²) in [6.07, 6.45) is 7.08. The van der Waals surface area contributed by atoms with E-state index in [1.165, 1.54) is 31.2 Å².